The van der Waals surface area contributed by atoms with Crippen LogP contribution in [0, 0.1) is 6.92 Å². The first-order chi connectivity index (χ1) is 9.81. The van der Waals surface area contributed by atoms with E-state index in [1.165, 1.54) is 24.5 Å². The number of carbonyl (C=O) groups excluding carboxylic acids is 1. The number of nitrogens with zero attached hydrogens (tertiary/aromatic N) is 2. The van der Waals surface area contributed by atoms with E-state index in [0.29, 0.717) is 11.4 Å². The first-order valence-electron chi connectivity index (χ1n) is 6.09. The lowest BCUT2D eigenvalue weighted by Crippen LogP contribution is -2.28. The zero-order chi connectivity index (χ0) is 15.6. The molecular formula is C12H15N5O3S. The third kappa shape index (κ3) is 3.26. The van der Waals surface area contributed by atoms with Crippen molar-refractivity contribution in [1.29, 1.82) is 0 Å². The van der Waals surface area contributed by atoms with Crippen molar-refractivity contribution < 1.29 is 13.2 Å². The van der Waals surface area contributed by atoms with Crippen molar-refractivity contribution in [3.05, 3.63) is 41.5 Å². The van der Waals surface area contributed by atoms with Crippen LogP contribution in [-0.2, 0) is 10.0 Å². The summed E-state index contributed by atoms with van der Waals surface area (Å²) in [6, 6.07) is 3.62. The van der Waals surface area contributed by atoms with E-state index in [4.69, 9.17) is 5.73 Å². The van der Waals surface area contributed by atoms with Crippen LogP contribution in [0.4, 0.5) is 0 Å². The Bertz CT molecular complexity index is 755. The third-order valence-electron chi connectivity index (χ3n) is 2.96. The highest BCUT2D eigenvalue weighted by Gasteiger charge is 2.21. The van der Waals surface area contributed by atoms with Crippen molar-refractivity contribution in [2.45, 2.75) is 24.8 Å². The molecule has 9 heteroatoms. The van der Waals surface area contributed by atoms with Gasteiger partial charge in [0.15, 0.2) is 0 Å². The van der Waals surface area contributed by atoms with Gasteiger partial charge in [-0.05, 0) is 31.5 Å². The van der Waals surface area contributed by atoms with Crippen LogP contribution in [0.25, 0.3) is 0 Å². The second-order valence-corrected chi connectivity index (χ2v) is 6.27. The largest absolute Gasteiger partial charge is 0.366 e. The average molecular weight is 309 g/mol. The van der Waals surface area contributed by atoms with Crippen LogP contribution in [0.2, 0.25) is 0 Å². The van der Waals surface area contributed by atoms with Gasteiger partial charge in [-0.2, -0.15) is 5.10 Å². The zero-order valence-corrected chi connectivity index (χ0v) is 12.3. The summed E-state index contributed by atoms with van der Waals surface area (Å²) in [6.07, 6.45) is 1.29. The number of primary amides is 1. The van der Waals surface area contributed by atoms with E-state index < -0.39 is 22.0 Å². The lowest BCUT2D eigenvalue weighted by Gasteiger charge is -2.13. The summed E-state index contributed by atoms with van der Waals surface area (Å²) in [6.45, 7) is 3.31. The number of benzene rings is 1. The minimum Gasteiger partial charge on any atom is -0.366 e. The number of aromatic amines is 1. The monoisotopic (exact) mass is 309 g/mol. The summed E-state index contributed by atoms with van der Waals surface area (Å²) in [7, 11) is -3.80. The maximum Gasteiger partial charge on any atom is 0.249 e. The molecular weight excluding hydrogens is 294 g/mol. The Morgan fingerprint density at radius 3 is 2.71 bits per heavy atom. The normalized spacial score (nSPS) is 13.0. The van der Waals surface area contributed by atoms with Gasteiger partial charge in [-0.25, -0.2) is 18.1 Å². The summed E-state index contributed by atoms with van der Waals surface area (Å²) in [5.74, 6) is -0.284. The zero-order valence-electron chi connectivity index (χ0n) is 11.5. The number of hydrogen-bond acceptors (Lipinski definition) is 5. The number of H-pyrrole nitrogens is 1. The fourth-order valence-corrected chi connectivity index (χ4v) is 3.05. The molecule has 21 heavy (non-hydrogen) atoms. The fourth-order valence-electron chi connectivity index (χ4n) is 1.81. The molecule has 1 aromatic carbocycles. The van der Waals surface area contributed by atoms with Gasteiger partial charge in [0.05, 0.1) is 10.9 Å². The van der Waals surface area contributed by atoms with Crippen LogP contribution in [0.3, 0.4) is 0 Å². The maximum absolute atomic E-state index is 12.3. The van der Waals surface area contributed by atoms with Crippen LogP contribution < -0.4 is 10.5 Å². The van der Waals surface area contributed by atoms with E-state index in [0.717, 1.165) is 0 Å². The highest BCUT2D eigenvalue weighted by atomic mass is 32.2. The smallest absolute Gasteiger partial charge is 0.249 e. The maximum atomic E-state index is 12.3. The summed E-state index contributed by atoms with van der Waals surface area (Å²) in [5, 5.41) is 6.25. The molecule has 0 aliphatic heterocycles. The van der Waals surface area contributed by atoms with Crippen molar-refractivity contribution >= 4 is 15.9 Å². The SMILES string of the molecule is Cc1ccc(S(=O)(=O)NC(C)c2ncn[nH]2)cc1C(N)=O. The van der Waals surface area contributed by atoms with E-state index in [2.05, 4.69) is 19.9 Å². The Morgan fingerprint density at radius 2 is 2.14 bits per heavy atom. The molecule has 1 amide bonds. The molecule has 0 spiro atoms. The van der Waals surface area contributed by atoms with Crippen LogP contribution in [0.15, 0.2) is 29.4 Å². The number of rotatable bonds is 5. The van der Waals surface area contributed by atoms with E-state index in [1.807, 2.05) is 0 Å². The van der Waals surface area contributed by atoms with Crippen molar-refractivity contribution in [1.82, 2.24) is 19.9 Å². The van der Waals surface area contributed by atoms with Gasteiger partial charge in [0.2, 0.25) is 15.9 Å². The summed E-state index contributed by atoms with van der Waals surface area (Å²) in [4.78, 5) is 15.1. The molecule has 0 saturated heterocycles. The Balaban J connectivity index is 2.32. The van der Waals surface area contributed by atoms with Gasteiger partial charge in [-0.1, -0.05) is 6.07 Å². The number of sulfonamides is 1. The molecule has 1 unspecified atom stereocenters. The molecule has 1 aromatic heterocycles. The van der Waals surface area contributed by atoms with Gasteiger partial charge in [0.1, 0.15) is 12.2 Å². The molecule has 112 valence electrons. The van der Waals surface area contributed by atoms with Gasteiger partial charge in [-0.3, -0.25) is 9.89 Å². The predicted octanol–water partition coefficient (Wildman–Crippen LogP) is 0.252. The highest BCUT2D eigenvalue weighted by molar-refractivity contribution is 7.89. The molecule has 0 saturated carbocycles. The molecule has 1 heterocycles. The molecule has 1 atom stereocenters. The third-order valence-corrected chi connectivity index (χ3v) is 4.50. The minimum atomic E-state index is -3.80. The summed E-state index contributed by atoms with van der Waals surface area (Å²) >= 11 is 0. The van der Waals surface area contributed by atoms with Crippen molar-refractivity contribution in [3.8, 4) is 0 Å². The average Bonchev–Trinajstić information content (AvgIpc) is 2.92. The summed E-state index contributed by atoms with van der Waals surface area (Å²) in [5.41, 5.74) is 6.01. The molecule has 2 rings (SSSR count). The molecule has 0 aliphatic rings. The quantitative estimate of drug-likeness (QED) is 0.728. The van der Waals surface area contributed by atoms with Gasteiger partial charge in [0, 0.05) is 5.56 Å². The number of amides is 1. The Labute approximate surface area is 121 Å². The molecule has 2 aromatic rings. The molecule has 0 bridgehead atoms. The first-order valence-corrected chi connectivity index (χ1v) is 7.57. The summed E-state index contributed by atoms with van der Waals surface area (Å²) < 4.78 is 27.0. The lowest BCUT2D eigenvalue weighted by molar-refractivity contribution is 0.0999. The second-order valence-electron chi connectivity index (χ2n) is 4.55. The fraction of sp³-hybridized carbons (Fsp3) is 0.250. The lowest BCUT2D eigenvalue weighted by atomic mass is 10.1. The van der Waals surface area contributed by atoms with Crippen molar-refractivity contribution in [2.75, 3.05) is 0 Å². The van der Waals surface area contributed by atoms with E-state index in [1.54, 1.807) is 13.8 Å². The van der Waals surface area contributed by atoms with Crippen LogP contribution >= 0.6 is 0 Å². The van der Waals surface area contributed by atoms with Crippen LogP contribution in [0.5, 0.6) is 0 Å². The number of hydrogen-bond donors (Lipinski definition) is 3. The topological polar surface area (TPSA) is 131 Å². The van der Waals surface area contributed by atoms with E-state index in [9.17, 15) is 13.2 Å². The number of aryl methyl sites for hydroxylation is 1. The first kappa shape index (κ1) is 15.1. The number of nitrogens with one attached hydrogen (secondary N) is 2. The Kier molecular flexibility index (Phi) is 4.05. The molecule has 4 N–H and O–H groups in total. The highest BCUT2D eigenvalue weighted by Crippen LogP contribution is 2.17. The van der Waals surface area contributed by atoms with E-state index >= 15 is 0 Å². The van der Waals surface area contributed by atoms with Gasteiger partial charge < -0.3 is 5.73 Å². The van der Waals surface area contributed by atoms with Gasteiger partial charge in [-0.15, -0.1) is 0 Å². The standard InChI is InChI=1S/C12H15N5O3S/c1-7-3-4-9(5-10(7)11(13)18)21(19,20)17-8(2)12-14-6-15-16-12/h3-6,8,17H,1-2H3,(H2,13,18)(H,14,15,16). The number of aromatic nitrogens is 3. The number of nitrogens with two attached hydrogens (primary N) is 1. The molecule has 0 radical (unpaired) electrons. The van der Waals surface area contributed by atoms with Crippen molar-refractivity contribution in [3.63, 3.8) is 0 Å². The van der Waals surface area contributed by atoms with E-state index in [-0.39, 0.29) is 10.5 Å². The Morgan fingerprint density at radius 1 is 1.43 bits per heavy atom. The molecule has 8 nitrogen and oxygen atoms in total. The van der Waals surface area contributed by atoms with Crippen LogP contribution in [-0.4, -0.2) is 29.5 Å². The van der Waals surface area contributed by atoms with Gasteiger partial charge in [0.25, 0.3) is 0 Å². The predicted molar refractivity (Wildman–Crippen MR) is 74.8 cm³/mol. The minimum absolute atomic E-state index is 0.0340. The van der Waals surface area contributed by atoms with Crippen LogP contribution in [0.1, 0.15) is 34.7 Å². The second kappa shape index (κ2) is 5.62. The number of carbonyl (C=O) groups is 1. The molecule has 0 fully saturated rings. The Hall–Kier alpha value is -2.26. The van der Waals surface area contributed by atoms with Crippen molar-refractivity contribution in [2.24, 2.45) is 5.73 Å². The molecule has 0 aliphatic carbocycles. The van der Waals surface area contributed by atoms with Gasteiger partial charge >= 0.3 is 0 Å².